The molecule has 1 aromatic heterocycles. The number of fused-ring (bicyclic) bond motifs is 1. The highest BCUT2D eigenvalue weighted by atomic mass is 32.1. The fourth-order valence-electron chi connectivity index (χ4n) is 2.89. The molecule has 0 atom stereocenters. The Bertz CT molecular complexity index is 604. The van der Waals surface area contributed by atoms with Gasteiger partial charge in [-0.1, -0.05) is 12.5 Å². The van der Waals surface area contributed by atoms with Crippen LogP contribution in [-0.4, -0.2) is 25.0 Å². The maximum atomic E-state index is 14.2. The van der Waals surface area contributed by atoms with Crippen molar-refractivity contribution in [1.82, 2.24) is 10.2 Å². The van der Waals surface area contributed by atoms with Crippen LogP contribution in [0.5, 0.6) is 0 Å². The van der Waals surface area contributed by atoms with Crippen LogP contribution < -0.4 is 5.32 Å². The van der Waals surface area contributed by atoms with Gasteiger partial charge in [-0.3, -0.25) is 4.90 Å². The Balaban J connectivity index is 1.98. The normalized spacial score (nSPS) is 16.0. The summed E-state index contributed by atoms with van der Waals surface area (Å²) < 4.78 is 15.3. The first-order valence-electron chi connectivity index (χ1n) is 7.24. The first-order valence-corrected chi connectivity index (χ1v) is 8.06. The molecular formula is C16H21FN2S. The van der Waals surface area contributed by atoms with Gasteiger partial charge < -0.3 is 5.32 Å². The summed E-state index contributed by atoms with van der Waals surface area (Å²) in [5.41, 5.74) is 1.17. The summed E-state index contributed by atoms with van der Waals surface area (Å²) in [6, 6.07) is 6.08. The fourth-order valence-corrected chi connectivity index (χ4v) is 4.13. The zero-order chi connectivity index (χ0) is 14.1. The minimum atomic E-state index is -0.0851. The highest BCUT2D eigenvalue weighted by Crippen LogP contribution is 2.35. The molecule has 1 aromatic carbocycles. The summed E-state index contributed by atoms with van der Waals surface area (Å²) in [4.78, 5) is 3.65. The molecule has 0 unspecified atom stereocenters. The maximum absolute atomic E-state index is 14.2. The van der Waals surface area contributed by atoms with E-state index in [0.717, 1.165) is 23.2 Å². The van der Waals surface area contributed by atoms with E-state index >= 15 is 0 Å². The van der Waals surface area contributed by atoms with Gasteiger partial charge in [-0.05, 0) is 44.6 Å². The van der Waals surface area contributed by atoms with Crippen LogP contribution in [0, 0.1) is 5.82 Å². The molecular weight excluding hydrogens is 271 g/mol. The Hall–Kier alpha value is -0.970. The van der Waals surface area contributed by atoms with E-state index in [1.165, 1.54) is 29.7 Å². The second-order valence-corrected chi connectivity index (χ2v) is 6.78. The molecule has 4 heteroatoms. The molecule has 3 rings (SSSR count). The highest BCUT2D eigenvalue weighted by Gasteiger charge is 2.24. The van der Waals surface area contributed by atoms with Gasteiger partial charge in [0, 0.05) is 34.1 Å². The van der Waals surface area contributed by atoms with E-state index in [4.69, 9.17) is 0 Å². The van der Waals surface area contributed by atoms with Gasteiger partial charge in [0.2, 0.25) is 0 Å². The Morgan fingerprint density at radius 3 is 2.85 bits per heavy atom. The molecule has 0 bridgehead atoms. The Morgan fingerprint density at radius 1 is 1.40 bits per heavy atom. The van der Waals surface area contributed by atoms with Crippen molar-refractivity contribution in [3.63, 3.8) is 0 Å². The van der Waals surface area contributed by atoms with Gasteiger partial charge >= 0.3 is 0 Å². The molecule has 0 amide bonds. The SMILES string of the molecule is CNCc1sc2cccc(F)c2c1CN(C)C1CCC1. The van der Waals surface area contributed by atoms with Gasteiger partial charge in [-0.15, -0.1) is 11.3 Å². The van der Waals surface area contributed by atoms with Crippen molar-refractivity contribution >= 4 is 21.4 Å². The second-order valence-electron chi connectivity index (χ2n) is 5.65. The lowest BCUT2D eigenvalue weighted by Gasteiger charge is -2.34. The monoisotopic (exact) mass is 292 g/mol. The molecule has 0 saturated heterocycles. The van der Waals surface area contributed by atoms with Crippen LogP contribution in [0.15, 0.2) is 18.2 Å². The number of thiophene rings is 1. The van der Waals surface area contributed by atoms with Gasteiger partial charge in [0.15, 0.2) is 0 Å². The summed E-state index contributed by atoms with van der Waals surface area (Å²) in [5.74, 6) is -0.0851. The minimum Gasteiger partial charge on any atom is -0.315 e. The molecule has 1 aliphatic carbocycles. The zero-order valence-corrected chi connectivity index (χ0v) is 12.9. The third kappa shape index (κ3) is 2.48. The molecule has 108 valence electrons. The smallest absolute Gasteiger partial charge is 0.132 e. The van der Waals surface area contributed by atoms with Crippen LogP contribution in [0.2, 0.25) is 0 Å². The predicted octanol–water partition coefficient (Wildman–Crippen LogP) is 3.74. The number of halogens is 1. The molecule has 1 N–H and O–H groups in total. The molecule has 1 saturated carbocycles. The van der Waals surface area contributed by atoms with E-state index in [0.29, 0.717) is 6.04 Å². The molecule has 1 aliphatic rings. The lowest BCUT2D eigenvalue weighted by molar-refractivity contribution is 0.153. The van der Waals surface area contributed by atoms with Crippen molar-refractivity contribution < 1.29 is 4.39 Å². The first kappa shape index (κ1) is 14.0. The van der Waals surface area contributed by atoms with Crippen molar-refractivity contribution in [3.05, 3.63) is 34.5 Å². The van der Waals surface area contributed by atoms with E-state index in [2.05, 4.69) is 17.3 Å². The Morgan fingerprint density at radius 2 is 2.20 bits per heavy atom. The standard InChI is InChI=1S/C16H21FN2S/c1-18-9-15-12(10-19(2)11-5-3-6-11)16-13(17)7-4-8-14(16)20-15/h4,7-8,11,18H,3,5-6,9-10H2,1-2H3. The lowest BCUT2D eigenvalue weighted by Crippen LogP contribution is -2.36. The second kappa shape index (κ2) is 5.80. The van der Waals surface area contributed by atoms with Crippen LogP contribution in [0.1, 0.15) is 29.7 Å². The van der Waals surface area contributed by atoms with Gasteiger partial charge in [-0.2, -0.15) is 0 Å². The molecule has 0 radical (unpaired) electrons. The third-order valence-corrected chi connectivity index (χ3v) is 5.49. The number of hydrogen-bond donors (Lipinski definition) is 1. The van der Waals surface area contributed by atoms with Crippen LogP contribution in [0.3, 0.4) is 0 Å². The number of nitrogens with one attached hydrogen (secondary N) is 1. The summed E-state index contributed by atoms with van der Waals surface area (Å²) in [6.45, 7) is 1.66. The molecule has 20 heavy (non-hydrogen) atoms. The molecule has 0 aliphatic heterocycles. The van der Waals surface area contributed by atoms with Crippen molar-refractivity contribution in [1.29, 1.82) is 0 Å². The van der Waals surface area contributed by atoms with Gasteiger partial charge in [0.1, 0.15) is 5.82 Å². The van der Waals surface area contributed by atoms with Crippen molar-refractivity contribution in [3.8, 4) is 0 Å². The van der Waals surface area contributed by atoms with E-state index < -0.39 is 0 Å². The molecule has 1 heterocycles. The van der Waals surface area contributed by atoms with Crippen LogP contribution in [-0.2, 0) is 13.1 Å². The lowest BCUT2D eigenvalue weighted by atomic mass is 9.91. The zero-order valence-electron chi connectivity index (χ0n) is 12.1. The van der Waals surface area contributed by atoms with Gasteiger partial charge in [0.25, 0.3) is 0 Å². The van der Waals surface area contributed by atoms with E-state index in [1.807, 2.05) is 13.1 Å². The third-order valence-electron chi connectivity index (χ3n) is 4.29. The number of nitrogens with zero attached hydrogens (tertiary/aromatic N) is 1. The van der Waals surface area contributed by atoms with Gasteiger partial charge in [-0.25, -0.2) is 4.39 Å². The first-order chi connectivity index (χ1) is 9.70. The van der Waals surface area contributed by atoms with E-state index in [1.54, 1.807) is 23.5 Å². The highest BCUT2D eigenvalue weighted by molar-refractivity contribution is 7.19. The van der Waals surface area contributed by atoms with Crippen LogP contribution >= 0.6 is 11.3 Å². The van der Waals surface area contributed by atoms with Crippen molar-refractivity contribution in [2.45, 2.75) is 38.4 Å². The van der Waals surface area contributed by atoms with Gasteiger partial charge in [0.05, 0.1) is 0 Å². The fraction of sp³-hybridized carbons (Fsp3) is 0.500. The Kier molecular flexibility index (Phi) is 4.06. The summed E-state index contributed by atoms with van der Waals surface area (Å²) >= 11 is 1.71. The van der Waals surface area contributed by atoms with Crippen LogP contribution in [0.25, 0.3) is 10.1 Å². The average Bonchev–Trinajstić information content (AvgIpc) is 2.67. The minimum absolute atomic E-state index is 0.0851. The molecule has 1 fully saturated rings. The predicted molar refractivity (Wildman–Crippen MR) is 83.7 cm³/mol. The number of benzene rings is 1. The largest absolute Gasteiger partial charge is 0.315 e. The molecule has 2 nitrogen and oxygen atoms in total. The Labute approximate surface area is 123 Å². The summed E-state index contributed by atoms with van der Waals surface area (Å²) in [6.07, 6.45) is 3.89. The van der Waals surface area contributed by atoms with Crippen molar-refractivity contribution in [2.24, 2.45) is 0 Å². The molecule has 0 spiro atoms. The van der Waals surface area contributed by atoms with E-state index in [9.17, 15) is 4.39 Å². The average molecular weight is 292 g/mol. The number of hydrogen-bond acceptors (Lipinski definition) is 3. The van der Waals surface area contributed by atoms with Crippen LogP contribution in [0.4, 0.5) is 4.39 Å². The quantitative estimate of drug-likeness (QED) is 0.903. The van der Waals surface area contributed by atoms with Crippen molar-refractivity contribution in [2.75, 3.05) is 14.1 Å². The molecule has 2 aromatic rings. The maximum Gasteiger partial charge on any atom is 0.132 e. The number of rotatable bonds is 5. The topological polar surface area (TPSA) is 15.3 Å². The van der Waals surface area contributed by atoms with E-state index in [-0.39, 0.29) is 5.82 Å². The summed E-state index contributed by atoms with van der Waals surface area (Å²) in [7, 11) is 4.11. The summed E-state index contributed by atoms with van der Waals surface area (Å²) in [5, 5.41) is 4.03.